The van der Waals surface area contributed by atoms with E-state index in [0.29, 0.717) is 33.1 Å². The van der Waals surface area contributed by atoms with E-state index in [-0.39, 0.29) is 42.3 Å². The molecule has 2 aliphatic rings. The van der Waals surface area contributed by atoms with E-state index in [1.165, 1.54) is 9.80 Å². The molecule has 0 aliphatic carbocycles. The maximum atomic E-state index is 14.1. The molecule has 1 spiro atoms. The predicted molar refractivity (Wildman–Crippen MR) is 147 cm³/mol. The molecule has 8 nitrogen and oxygen atoms in total. The first-order valence-electron chi connectivity index (χ1n) is 12.4. The number of anilines is 1. The van der Waals surface area contributed by atoms with Crippen LogP contribution in [0.1, 0.15) is 42.7 Å². The molecule has 3 amide bonds. The third kappa shape index (κ3) is 4.20. The Labute approximate surface area is 230 Å². The van der Waals surface area contributed by atoms with Gasteiger partial charge in [0.2, 0.25) is 5.91 Å². The molecule has 2 aromatic carbocycles. The fourth-order valence-corrected chi connectivity index (χ4v) is 6.19. The zero-order valence-corrected chi connectivity index (χ0v) is 22.7. The summed E-state index contributed by atoms with van der Waals surface area (Å²) in [6.45, 7) is 11.8. The van der Waals surface area contributed by atoms with Gasteiger partial charge in [0.15, 0.2) is 0 Å². The molecular formula is C28H27Cl2N5O3. The second-order valence-electron chi connectivity index (χ2n) is 10.5. The smallest absolute Gasteiger partial charge is 0.302 e. The van der Waals surface area contributed by atoms with E-state index in [1.54, 1.807) is 25.2 Å². The van der Waals surface area contributed by atoms with Crippen LogP contribution >= 0.6 is 23.2 Å². The van der Waals surface area contributed by atoms with Gasteiger partial charge in [-0.05, 0) is 42.2 Å². The second kappa shape index (κ2) is 9.64. The van der Waals surface area contributed by atoms with Gasteiger partial charge in [0.25, 0.3) is 11.8 Å². The number of hydrogen-bond acceptors (Lipinski definition) is 3. The quantitative estimate of drug-likeness (QED) is 0.420. The number of nitrogens with zero attached hydrogens (tertiary/aromatic N) is 3. The number of hydrogen-bond donors (Lipinski definition) is 2. The molecule has 3 atom stereocenters. The zero-order valence-electron chi connectivity index (χ0n) is 21.2. The minimum atomic E-state index is -0.986. The van der Waals surface area contributed by atoms with E-state index < -0.39 is 17.6 Å². The van der Waals surface area contributed by atoms with Crippen LogP contribution in [0.4, 0.5) is 5.69 Å². The molecule has 2 aliphatic heterocycles. The molecule has 2 N–H and O–H groups in total. The van der Waals surface area contributed by atoms with Crippen LogP contribution in [0.3, 0.4) is 0 Å². The van der Waals surface area contributed by atoms with Gasteiger partial charge in [0, 0.05) is 29.7 Å². The fraction of sp³-hybridized carbons (Fsp3) is 0.357. The molecule has 10 heteroatoms. The van der Waals surface area contributed by atoms with Crippen molar-refractivity contribution < 1.29 is 14.4 Å². The number of H-pyrrole nitrogens is 1. The summed E-state index contributed by atoms with van der Waals surface area (Å²) in [5, 5.41) is 4.44. The maximum Gasteiger partial charge on any atom is 0.302 e. The first kappa shape index (κ1) is 26.1. The number of benzene rings is 2. The summed E-state index contributed by atoms with van der Waals surface area (Å²) in [5.41, 5.74) is 1.38. The van der Waals surface area contributed by atoms with Gasteiger partial charge in [-0.25, -0.2) is 6.57 Å². The third-order valence-corrected chi connectivity index (χ3v) is 8.05. The average molecular weight is 552 g/mol. The lowest BCUT2D eigenvalue weighted by molar-refractivity contribution is -0.136. The van der Waals surface area contributed by atoms with Crippen molar-refractivity contribution in [2.45, 2.75) is 44.3 Å². The first-order chi connectivity index (χ1) is 18.1. The van der Waals surface area contributed by atoms with Gasteiger partial charge in [-0.1, -0.05) is 55.2 Å². The molecule has 1 fully saturated rings. The lowest BCUT2D eigenvalue weighted by atomic mass is 9.80. The number of carbonyl (C=O) groups excluding carboxylic acids is 3. The van der Waals surface area contributed by atoms with Gasteiger partial charge >= 0.3 is 6.17 Å². The van der Waals surface area contributed by atoms with Crippen LogP contribution in [0.2, 0.25) is 10.0 Å². The van der Waals surface area contributed by atoms with Gasteiger partial charge in [-0.2, -0.15) is 0 Å². The summed E-state index contributed by atoms with van der Waals surface area (Å²) in [7, 11) is 1.59. The van der Waals surface area contributed by atoms with Crippen molar-refractivity contribution >= 4 is 57.5 Å². The van der Waals surface area contributed by atoms with E-state index in [9.17, 15) is 14.4 Å². The highest BCUT2D eigenvalue weighted by atomic mass is 35.5. The van der Waals surface area contributed by atoms with Gasteiger partial charge in [-0.15, -0.1) is 0 Å². The van der Waals surface area contributed by atoms with Crippen molar-refractivity contribution in [3.05, 3.63) is 75.2 Å². The van der Waals surface area contributed by atoms with Crippen LogP contribution in [0.15, 0.2) is 42.5 Å². The van der Waals surface area contributed by atoms with Gasteiger partial charge in [0.1, 0.15) is 17.2 Å². The van der Waals surface area contributed by atoms with Crippen LogP contribution < -0.4 is 5.32 Å². The number of rotatable bonds is 5. The minimum Gasteiger partial charge on any atom is -0.349 e. The van der Waals surface area contributed by atoms with Crippen molar-refractivity contribution in [2.75, 3.05) is 18.9 Å². The highest BCUT2D eigenvalue weighted by Gasteiger charge is 2.59. The summed E-state index contributed by atoms with van der Waals surface area (Å²) in [6, 6.07) is 11.5. The summed E-state index contributed by atoms with van der Waals surface area (Å²) in [6.07, 6.45) is -0.213. The fourth-order valence-electron chi connectivity index (χ4n) is 5.63. The van der Waals surface area contributed by atoms with Gasteiger partial charge < -0.3 is 15.2 Å². The summed E-state index contributed by atoms with van der Waals surface area (Å²) in [5.74, 6) is -0.846. The largest absolute Gasteiger partial charge is 0.349 e. The summed E-state index contributed by atoms with van der Waals surface area (Å²) in [4.78, 5) is 50.5. The summed E-state index contributed by atoms with van der Waals surface area (Å²) < 4.78 is 0. The molecule has 196 valence electrons. The third-order valence-electron chi connectivity index (χ3n) is 7.53. The van der Waals surface area contributed by atoms with E-state index >= 15 is 0 Å². The Morgan fingerprint density at radius 2 is 1.97 bits per heavy atom. The number of aromatic nitrogens is 1. The molecule has 3 aromatic rings. The second-order valence-corrected chi connectivity index (χ2v) is 11.3. The molecule has 0 bridgehead atoms. The maximum absolute atomic E-state index is 14.1. The van der Waals surface area contributed by atoms with Gasteiger partial charge in [-0.3, -0.25) is 24.1 Å². The number of nitrogens with one attached hydrogen (secondary N) is 2. The van der Waals surface area contributed by atoms with Crippen molar-refractivity contribution in [3.63, 3.8) is 0 Å². The summed E-state index contributed by atoms with van der Waals surface area (Å²) >= 11 is 12.4. The minimum absolute atomic E-state index is 0.0822. The highest BCUT2D eigenvalue weighted by Crippen LogP contribution is 2.47. The van der Waals surface area contributed by atoms with Crippen molar-refractivity contribution in [1.82, 2.24) is 14.8 Å². The van der Waals surface area contributed by atoms with Crippen molar-refractivity contribution in [3.8, 4) is 0 Å². The van der Waals surface area contributed by atoms with E-state index in [0.717, 1.165) is 5.56 Å². The number of para-hydroxylation sites is 1. The molecule has 3 heterocycles. The van der Waals surface area contributed by atoms with Crippen LogP contribution in [-0.4, -0.2) is 58.3 Å². The zero-order chi connectivity index (χ0) is 27.4. The molecule has 1 saturated heterocycles. The van der Waals surface area contributed by atoms with E-state index in [4.69, 9.17) is 29.8 Å². The molecule has 38 heavy (non-hydrogen) atoms. The Bertz CT molecular complexity index is 1510. The van der Waals surface area contributed by atoms with E-state index in [2.05, 4.69) is 15.1 Å². The lowest BCUT2D eigenvalue weighted by Crippen LogP contribution is -2.51. The SMILES string of the molecule is [C-]#[N+][C@@H]1C[C@@]2(CN1C(=O)[C@H](CC(C)C)N(C)C(=O)c1cc3cc(Cl)cc(Cl)c3[nH]1)C(=O)Nc1ccccc12. The van der Waals surface area contributed by atoms with Crippen LogP contribution in [-0.2, 0) is 15.0 Å². The monoisotopic (exact) mass is 551 g/mol. The van der Waals surface area contributed by atoms with Crippen LogP contribution in [0.25, 0.3) is 15.7 Å². The Balaban J connectivity index is 1.46. The molecule has 1 aromatic heterocycles. The first-order valence-corrected chi connectivity index (χ1v) is 13.1. The van der Waals surface area contributed by atoms with Gasteiger partial charge in [0.05, 0.1) is 17.0 Å². The number of amides is 3. The molecule has 0 saturated carbocycles. The lowest BCUT2D eigenvalue weighted by Gasteiger charge is -2.32. The molecular weight excluding hydrogens is 525 g/mol. The van der Waals surface area contributed by atoms with Crippen LogP contribution in [0.5, 0.6) is 0 Å². The number of aromatic amines is 1. The Hall–Kier alpha value is -3.54. The standard InChI is InChI=1S/C28H27Cl2N5O3/c1-15(2)9-22(34(4)25(36)21-11-16-10-17(29)12-19(30)24(16)32-21)26(37)35-14-28(13-23(35)31-3)18-7-5-6-8-20(18)33-27(28)38/h5-8,10-12,15,22-23,32H,9,13-14H2,1-2,4H3,(H,33,38)/t22-,23-,28-/m0/s1. The molecule has 5 rings (SSSR count). The van der Waals surface area contributed by atoms with Crippen LogP contribution in [0, 0.1) is 12.5 Å². The topological polar surface area (TPSA) is 89.9 Å². The number of carbonyl (C=O) groups is 3. The highest BCUT2D eigenvalue weighted by molar-refractivity contribution is 6.38. The number of fused-ring (bicyclic) bond motifs is 3. The Morgan fingerprint density at radius 3 is 2.68 bits per heavy atom. The number of likely N-dealkylation sites (tertiary alicyclic amines) is 1. The number of halogens is 2. The van der Waals surface area contributed by atoms with E-state index in [1.807, 2.05) is 38.1 Å². The number of likely N-dealkylation sites (N-methyl/N-ethyl adjacent to an activating group) is 1. The normalized spacial score (nSPS) is 21.0. The van der Waals surface area contributed by atoms with Crippen molar-refractivity contribution in [1.29, 1.82) is 0 Å². The molecule has 0 unspecified atom stereocenters. The predicted octanol–water partition coefficient (Wildman–Crippen LogP) is 5.33. The Morgan fingerprint density at radius 1 is 1.24 bits per heavy atom. The molecule has 0 radical (unpaired) electrons. The average Bonchev–Trinajstić information content (AvgIpc) is 3.56. The Kier molecular flexibility index (Phi) is 6.62. The van der Waals surface area contributed by atoms with Crippen molar-refractivity contribution in [2.24, 2.45) is 5.92 Å².